The number of benzene rings is 1. The second-order valence-corrected chi connectivity index (χ2v) is 4.14. The molecule has 0 aromatic heterocycles. The summed E-state index contributed by atoms with van der Waals surface area (Å²) < 4.78 is 38.1. The van der Waals surface area contributed by atoms with Crippen LogP contribution in [0.1, 0.15) is 33.2 Å². The lowest BCUT2D eigenvalue weighted by atomic mass is 9.91. The fourth-order valence-electron chi connectivity index (χ4n) is 1.47. The SMILES string of the molecule is CC(O)(c1ccc(C(N)=O)c(C(=O)NO)c1)C(F)(F)F. The Bertz CT molecular complexity index is 555. The maximum Gasteiger partial charge on any atom is 0.421 e. The maximum atomic E-state index is 12.7. The van der Waals surface area contributed by atoms with Crippen molar-refractivity contribution in [1.29, 1.82) is 0 Å². The molecular formula is C11H11F3N2O4. The normalized spacial score (nSPS) is 14.5. The lowest BCUT2D eigenvalue weighted by Gasteiger charge is -2.27. The van der Waals surface area contributed by atoms with Gasteiger partial charge in [0.1, 0.15) is 0 Å². The first-order chi connectivity index (χ1) is 9.02. The molecule has 2 amide bonds. The van der Waals surface area contributed by atoms with Crippen molar-refractivity contribution >= 4 is 11.8 Å². The molecule has 0 saturated heterocycles. The second-order valence-electron chi connectivity index (χ2n) is 4.14. The predicted octanol–water partition coefficient (Wildman–Crippen LogP) is 0.674. The van der Waals surface area contributed by atoms with Gasteiger partial charge in [0.15, 0.2) is 5.60 Å². The van der Waals surface area contributed by atoms with Crippen molar-refractivity contribution in [2.45, 2.75) is 18.7 Å². The fourth-order valence-corrected chi connectivity index (χ4v) is 1.47. The van der Waals surface area contributed by atoms with Crippen LogP contribution in [0.5, 0.6) is 0 Å². The van der Waals surface area contributed by atoms with Crippen molar-refractivity contribution in [3.05, 3.63) is 34.9 Å². The highest BCUT2D eigenvalue weighted by Crippen LogP contribution is 2.38. The van der Waals surface area contributed by atoms with Crippen molar-refractivity contribution in [2.75, 3.05) is 0 Å². The Morgan fingerprint density at radius 2 is 1.80 bits per heavy atom. The van der Waals surface area contributed by atoms with Gasteiger partial charge in [-0.05, 0) is 24.6 Å². The van der Waals surface area contributed by atoms with E-state index in [1.165, 1.54) is 5.48 Å². The van der Waals surface area contributed by atoms with E-state index in [9.17, 15) is 27.9 Å². The number of primary amides is 1. The number of carbonyl (C=O) groups is 2. The third-order valence-electron chi connectivity index (χ3n) is 2.75. The van der Waals surface area contributed by atoms with Crippen LogP contribution < -0.4 is 11.2 Å². The van der Waals surface area contributed by atoms with Gasteiger partial charge in [-0.3, -0.25) is 14.8 Å². The third kappa shape index (κ3) is 2.73. The molecule has 0 saturated carbocycles. The van der Waals surface area contributed by atoms with Gasteiger partial charge < -0.3 is 10.8 Å². The Hall–Kier alpha value is -2.13. The van der Waals surface area contributed by atoms with E-state index in [0.717, 1.165) is 12.1 Å². The van der Waals surface area contributed by atoms with Gasteiger partial charge in [-0.1, -0.05) is 6.07 Å². The fraction of sp³-hybridized carbons (Fsp3) is 0.273. The first-order valence-corrected chi connectivity index (χ1v) is 5.20. The van der Waals surface area contributed by atoms with E-state index in [0.29, 0.717) is 13.0 Å². The minimum atomic E-state index is -4.99. The molecule has 0 heterocycles. The second kappa shape index (κ2) is 5.10. The summed E-state index contributed by atoms with van der Waals surface area (Å²) in [5.74, 6) is -2.29. The van der Waals surface area contributed by atoms with Crippen LogP contribution in [-0.2, 0) is 5.60 Å². The van der Waals surface area contributed by atoms with Crippen molar-refractivity contribution in [2.24, 2.45) is 5.73 Å². The number of alkyl halides is 3. The van der Waals surface area contributed by atoms with E-state index in [1.54, 1.807) is 0 Å². The first kappa shape index (κ1) is 15.9. The summed E-state index contributed by atoms with van der Waals surface area (Å²) in [6, 6.07) is 2.32. The van der Waals surface area contributed by atoms with Crippen molar-refractivity contribution < 1.29 is 33.1 Å². The predicted molar refractivity (Wildman–Crippen MR) is 59.8 cm³/mol. The minimum Gasteiger partial charge on any atom is -0.376 e. The summed E-state index contributed by atoms with van der Waals surface area (Å²) in [6.45, 7) is 0.493. The molecule has 110 valence electrons. The summed E-state index contributed by atoms with van der Waals surface area (Å²) in [6.07, 6.45) is -4.99. The number of amides is 2. The molecule has 0 aliphatic heterocycles. The molecule has 1 aromatic rings. The standard InChI is InChI=1S/C11H11F3N2O4/c1-10(19,11(12,13)14)5-2-3-6(8(15)17)7(4-5)9(18)16-20/h2-4,19-20H,1H3,(H2,15,17)(H,16,18). The van der Waals surface area contributed by atoms with Gasteiger partial charge in [-0.25, -0.2) is 5.48 Å². The van der Waals surface area contributed by atoms with Crippen molar-refractivity contribution in [3.63, 3.8) is 0 Å². The zero-order valence-corrected chi connectivity index (χ0v) is 10.2. The summed E-state index contributed by atoms with van der Waals surface area (Å²) in [4.78, 5) is 22.4. The van der Waals surface area contributed by atoms with Crippen LogP contribution in [0.15, 0.2) is 18.2 Å². The number of rotatable bonds is 3. The average molecular weight is 292 g/mol. The molecule has 0 radical (unpaired) electrons. The molecular weight excluding hydrogens is 281 g/mol. The van der Waals surface area contributed by atoms with Gasteiger partial charge in [0.05, 0.1) is 11.1 Å². The van der Waals surface area contributed by atoms with E-state index in [-0.39, 0.29) is 0 Å². The number of hydrogen-bond acceptors (Lipinski definition) is 4. The number of nitrogens with one attached hydrogen (secondary N) is 1. The molecule has 1 rings (SSSR count). The Morgan fingerprint density at radius 3 is 2.20 bits per heavy atom. The molecule has 0 aliphatic rings. The van der Waals surface area contributed by atoms with Crippen LogP contribution in [0.2, 0.25) is 0 Å². The minimum absolute atomic E-state index is 0.390. The summed E-state index contributed by atoms with van der Waals surface area (Å²) in [7, 11) is 0. The van der Waals surface area contributed by atoms with Crippen molar-refractivity contribution in [3.8, 4) is 0 Å². The number of aliphatic hydroxyl groups is 1. The van der Waals surface area contributed by atoms with E-state index >= 15 is 0 Å². The van der Waals surface area contributed by atoms with Gasteiger partial charge in [-0.2, -0.15) is 13.2 Å². The van der Waals surface area contributed by atoms with E-state index in [2.05, 4.69) is 0 Å². The zero-order valence-electron chi connectivity index (χ0n) is 10.2. The Morgan fingerprint density at radius 1 is 1.25 bits per heavy atom. The number of hydroxylamine groups is 1. The highest BCUT2D eigenvalue weighted by molar-refractivity contribution is 6.06. The molecule has 5 N–H and O–H groups in total. The van der Waals surface area contributed by atoms with E-state index < -0.39 is 40.3 Å². The molecule has 0 spiro atoms. The molecule has 6 nitrogen and oxygen atoms in total. The first-order valence-electron chi connectivity index (χ1n) is 5.20. The molecule has 20 heavy (non-hydrogen) atoms. The highest BCUT2D eigenvalue weighted by atomic mass is 19.4. The summed E-state index contributed by atoms with van der Waals surface area (Å²) in [5, 5.41) is 18.0. The quantitative estimate of drug-likeness (QED) is 0.484. The smallest absolute Gasteiger partial charge is 0.376 e. The molecule has 1 unspecified atom stereocenters. The molecule has 0 bridgehead atoms. The van der Waals surface area contributed by atoms with E-state index in [1.807, 2.05) is 0 Å². The van der Waals surface area contributed by atoms with Crippen LogP contribution in [0.3, 0.4) is 0 Å². The van der Waals surface area contributed by atoms with E-state index in [4.69, 9.17) is 10.9 Å². The third-order valence-corrected chi connectivity index (χ3v) is 2.75. The maximum absolute atomic E-state index is 12.7. The zero-order chi connectivity index (χ0) is 15.7. The number of hydrogen-bond donors (Lipinski definition) is 4. The largest absolute Gasteiger partial charge is 0.421 e. The Balaban J connectivity index is 3.48. The van der Waals surface area contributed by atoms with Crippen LogP contribution in [0.25, 0.3) is 0 Å². The Kier molecular flexibility index (Phi) is 4.06. The van der Waals surface area contributed by atoms with Crippen LogP contribution in [0, 0.1) is 0 Å². The molecule has 1 aromatic carbocycles. The van der Waals surface area contributed by atoms with Gasteiger partial charge in [-0.15, -0.1) is 0 Å². The highest BCUT2D eigenvalue weighted by Gasteiger charge is 2.51. The molecule has 0 fully saturated rings. The monoisotopic (exact) mass is 292 g/mol. The van der Waals surface area contributed by atoms with Gasteiger partial charge in [0.25, 0.3) is 5.91 Å². The van der Waals surface area contributed by atoms with Crippen LogP contribution in [0.4, 0.5) is 13.2 Å². The Labute approximate surface area is 111 Å². The number of nitrogens with two attached hydrogens (primary N) is 1. The average Bonchev–Trinajstić information content (AvgIpc) is 2.35. The molecule has 9 heteroatoms. The lowest BCUT2D eigenvalue weighted by Crippen LogP contribution is -2.39. The number of halogens is 3. The summed E-state index contributed by atoms with van der Waals surface area (Å²) >= 11 is 0. The van der Waals surface area contributed by atoms with Crippen LogP contribution >= 0.6 is 0 Å². The van der Waals surface area contributed by atoms with Gasteiger partial charge >= 0.3 is 6.18 Å². The van der Waals surface area contributed by atoms with Crippen molar-refractivity contribution in [1.82, 2.24) is 5.48 Å². The lowest BCUT2D eigenvalue weighted by molar-refractivity contribution is -0.258. The molecule has 1 atom stereocenters. The molecule has 0 aliphatic carbocycles. The number of carbonyl (C=O) groups excluding carboxylic acids is 2. The van der Waals surface area contributed by atoms with Gasteiger partial charge in [0, 0.05) is 0 Å². The van der Waals surface area contributed by atoms with Crippen LogP contribution in [-0.4, -0.2) is 28.3 Å². The summed E-state index contributed by atoms with van der Waals surface area (Å²) in [5.41, 5.74) is 1.28. The topological polar surface area (TPSA) is 113 Å². The van der Waals surface area contributed by atoms with Gasteiger partial charge in [0.2, 0.25) is 5.91 Å².